The van der Waals surface area contributed by atoms with Gasteiger partial charge < -0.3 is 9.80 Å². The molecule has 1 aromatic carbocycles. The number of hydrogen-bond donors (Lipinski definition) is 0. The first-order valence-corrected chi connectivity index (χ1v) is 13.9. The SMILES string of the molecule is C[C@H]1CN(C(=O)CN2CCc3sccc3[C@@H]2c2ccccc2)CCN1C(=O)CCC1CCCC1. The number of fused-ring (bicyclic) bond motifs is 1. The van der Waals surface area contributed by atoms with E-state index >= 15 is 0 Å². The van der Waals surface area contributed by atoms with E-state index in [-0.39, 0.29) is 23.9 Å². The van der Waals surface area contributed by atoms with Crippen LogP contribution >= 0.6 is 11.3 Å². The minimum absolute atomic E-state index is 0.0866. The van der Waals surface area contributed by atoms with Gasteiger partial charge in [-0.2, -0.15) is 0 Å². The van der Waals surface area contributed by atoms with Gasteiger partial charge in [0.25, 0.3) is 0 Å². The number of hydrogen-bond acceptors (Lipinski definition) is 4. The second-order valence-electron chi connectivity index (χ2n) is 10.3. The molecule has 1 aliphatic carbocycles. The lowest BCUT2D eigenvalue weighted by Crippen LogP contribution is -2.57. The first-order valence-electron chi connectivity index (χ1n) is 13.0. The van der Waals surface area contributed by atoms with Crippen molar-refractivity contribution in [3.05, 3.63) is 57.8 Å². The van der Waals surface area contributed by atoms with Crippen molar-refractivity contribution >= 4 is 23.2 Å². The van der Waals surface area contributed by atoms with Crippen molar-refractivity contribution in [3.8, 4) is 0 Å². The molecule has 1 saturated carbocycles. The Morgan fingerprint density at radius 3 is 2.56 bits per heavy atom. The van der Waals surface area contributed by atoms with Crippen LogP contribution in [0, 0.1) is 5.92 Å². The van der Waals surface area contributed by atoms with Crippen molar-refractivity contribution in [3.63, 3.8) is 0 Å². The van der Waals surface area contributed by atoms with Crippen LogP contribution in [0.4, 0.5) is 0 Å². The third-order valence-corrected chi connectivity index (χ3v) is 9.06. The Kier molecular flexibility index (Phi) is 7.35. The van der Waals surface area contributed by atoms with Gasteiger partial charge in [0.2, 0.25) is 11.8 Å². The normalized spacial score (nSPS) is 23.8. The minimum Gasteiger partial charge on any atom is -0.338 e. The van der Waals surface area contributed by atoms with Gasteiger partial charge in [-0.25, -0.2) is 0 Å². The lowest BCUT2D eigenvalue weighted by atomic mass is 9.93. The number of nitrogens with zero attached hydrogens (tertiary/aromatic N) is 3. The molecule has 0 spiro atoms. The number of piperazine rings is 1. The second kappa shape index (κ2) is 10.6. The van der Waals surface area contributed by atoms with Crippen LogP contribution in [0.15, 0.2) is 41.8 Å². The summed E-state index contributed by atoms with van der Waals surface area (Å²) in [7, 11) is 0. The molecular formula is C28H37N3O2S. The highest BCUT2D eigenvalue weighted by molar-refractivity contribution is 7.10. The van der Waals surface area contributed by atoms with E-state index in [1.54, 1.807) is 0 Å². The molecule has 2 aliphatic heterocycles. The van der Waals surface area contributed by atoms with Gasteiger partial charge in [0.05, 0.1) is 12.6 Å². The molecule has 5 rings (SSSR count). The molecule has 0 N–H and O–H groups in total. The molecule has 3 heterocycles. The smallest absolute Gasteiger partial charge is 0.236 e. The monoisotopic (exact) mass is 479 g/mol. The van der Waals surface area contributed by atoms with Gasteiger partial charge in [-0.05, 0) is 48.3 Å². The lowest BCUT2D eigenvalue weighted by Gasteiger charge is -2.42. The molecule has 2 aromatic rings. The molecule has 3 aliphatic rings. The summed E-state index contributed by atoms with van der Waals surface area (Å²) in [4.78, 5) is 34.0. The third-order valence-electron chi connectivity index (χ3n) is 8.06. The molecule has 0 radical (unpaired) electrons. The van der Waals surface area contributed by atoms with Gasteiger partial charge in [0.15, 0.2) is 0 Å². The predicted molar refractivity (Wildman–Crippen MR) is 137 cm³/mol. The van der Waals surface area contributed by atoms with Crippen molar-refractivity contribution < 1.29 is 9.59 Å². The van der Waals surface area contributed by atoms with Gasteiger partial charge in [-0.3, -0.25) is 14.5 Å². The zero-order chi connectivity index (χ0) is 23.5. The average molecular weight is 480 g/mol. The number of amides is 2. The third kappa shape index (κ3) is 5.08. The summed E-state index contributed by atoms with van der Waals surface area (Å²) in [6, 6.07) is 13.0. The molecule has 34 heavy (non-hydrogen) atoms. The van der Waals surface area contributed by atoms with Gasteiger partial charge in [-0.1, -0.05) is 56.0 Å². The quantitative estimate of drug-likeness (QED) is 0.602. The van der Waals surface area contributed by atoms with Crippen LogP contribution in [-0.2, 0) is 16.0 Å². The Hall–Kier alpha value is -2.18. The molecule has 5 nitrogen and oxygen atoms in total. The van der Waals surface area contributed by atoms with E-state index in [1.165, 1.54) is 41.7 Å². The van der Waals surface area contributed by atoms with Crippen LogP contribution in [-0.4, -0.2) is 65.3 Å². The summed E-state index contributed by atoms with van der Waals surface area (Å²) in [6.07, 6.45) is 7.93. The maximum atomic E-state index is 13.4. The molecular weight excluding hydrogens is 442 g/mol. The molecule has 0 bridgehead atoms. The summed E-state index contributed by atoms with van der Waals surface area (Å²) >= 11 is 1.83. The van der Waals surface area contributed by atoms with Crippen molar-refractivity contribution in [2.45, 2.75) is 64.0 Å². The maximum Gasteiger partial charge on any atom is 0.236 e. The Morgan fingerprint density at radius 2 is 1.79 bits per heavy atom. The van der Waals surface area contributed by atoms with Crippen molar-refractivity contribution in [2.24, 2.45) is 5.92 Å². The van der Waals surface area contributed by atoms with Crippen LogP contribution < -0.4 is 0 Å². The second-order valence-corrected chi connectivity index (χ2v) is 11.3. The van der Waals surface area contributed by atoms with E-state index < -0.39 is 0 Å². The molecule has 1 saturated heterocycles. The standard InChI is InChI=1S/C28H37N3O2S/c1-21-19-29(16-17-31(21)26(32)12-11-22-7-5-6-8-22)27(33)20-30-15-13-25-24(14-18-34-25)28(30)23-9-3-2-4-10-23/h2-4,9-10,14,18,21-22,28H,5-8,11-13,15-17,19-20H2,1H3/t21-,28-/m0/s1. The largest absolute Gasteiger partial charge is 0.338 e. The lowest BCUT2D eigenvalue weighted by molar-refractivity contribution is -0.143. The first kappa shape index (κ1) is 23.6. The van der Waals surface area contributed by atoms with Crippen molar-refractivity contribution in [1.82, 2.24) is 14.7 Å². The fraction of sp³-hybridized carbons (Fsp3) is 0.571. The number of carbonyl (C=O) groups is 2. The molecule has 2 amide bonds. The molecule has 6 heteroatoms. The minimum atomic E-state index is 0.0866. The molecule has 0 unspecified atom stereocenters. The Labute approximate surface area is 207 Å². The van der Waals surface area contributed by atoms with Crippen LogP contribution in [0.1, 0.15) is 67.5 Å². The summed E-state index contributed by atoms with van der Waals surface area (Å²) in [6.45, 7) is 5.37. The zero-order valence-corrected chi connectivity index (χ0v) is 21.1. The van der Waals surface area contributed by atoms with Crippen LogP contribution in [0.25, 0.3) is 0 Å². The van der Waals surface area contributed by atoms with E-state index in [0.29, 0.717) is 32.6 Å². The topological polar surface area (TPSA) is 43.9 Å². The fourth-order valence-electron chi connectivity index (χ4n) is 6.16. The van der Waals surface area contributed by atoms with Crippen LogP contribution in [0.2, 0.25) is 0 Å². The maximum absolute atomic E-state index is 13.4. The van der Waals surface area contributed by atoms with Crippen molar-refractivity contribution in [2.75, 3.05) is 32.7 Å². The van der Waals surface area contributed by atoms with Gasteiger partial charge in [0, 0.05) is 43.5 Å². The highest BCUT2D eigenvalue weighted by atomic mass is 32.1. The number of thiophene rings is 1. The number of carbonyl (C=O) groups excluding carboxylic acids is 2. The van der Waals surface area contributed by atoms with Gasteiger partial charge in [-0.15, -0.1) is 11.3 Å². The van der Waals surface area contributed by atoms with Gasteiger partial charge >= 0.3 is 0 Å². The van der Waals surface area contributed by atoms with Gasteiger partial charge in [0.1, 0.15) is 0 Å². The first-order chi connectivity index (χ1) is 16.6. The summed E-state index contributed by atoms with van der Waals surface area (Å²) in [5, 5.41) is 2.18. The molecule has 1 aromatic heterocycles. The molecule has 2 atom stereocenters. The number of benzene rings is 1. The van der Waals surface area contributed by atoms with Crippen LogP contribution in [0.3, 0.4) is 0 Å². The summed E-state index contributed by atoms with van der Waals surface area (Å²) < 4.78 is 0. The Balaban J connectivity index is 1.19. The zero-order valence-electron chi connectivity index (χ0n) is 20.3. The van der Waals surface area contributed by atoms with E-state index in [4.69, 9.17) is 0 Å². The average Bonchev–Trinajstić information content (AvgIpc) is 3.55. The van der Waals surface area contributed by atoms with E-state index in [1.807, 2.05) is 27.2 Å². The van der Waals surface area contributed by atoms with Crippen molar-refractivity contribution in [1.29, 1.82) is 0 Å². The predicted octanol–water partition coefficient (Wildman–Crippen LogP) is 4.73. The van der Waals surface area contributed by atoms with E-state index in [2.05, 4.69) is 47.5 Å². The summed E-state index contributed by atoms with van der Waals surface area (Å²) in [5.41, 5.74) is 2.60. The van der Waals surface area contributed by atoms with E-state index in [9.17, 15) is 9.59 Å². The fourth-order valence-corrected chi connectivity index (χ4v) is 7.07. The Bertz CT molecular complexity index is 985. The highest BCUT2D eigenvalue weighted by Gasteiger charge is 2.34. The summed E-state index contributed by atoms with van der Waals surface area (Å²) in [5.74, 6) is 1.20. The molecule has 2 fully saturated rings. The highest BCUT2D eigenvalue weighted by Crippen LogP contribution is 2.37. The van der Waals surface area contributed by atoms with Crippen LogP contribution in [0.5, 0.6) is 0 Å². The Morgan fingerprint density at radius 1 is 1.00 bits per heavy atom. The number of rotatable bonds is 6. The molecule has 182 valence electrons. The van der Waals surface area contributed by atoms with E-state index in [0.717, 1.165) is 25.3 Å².